The lowest BCUT2D eigenvalue weighted by Crippen LogP contribution is -2.25. The molecule has 1 fully saturated rings. The van der Waals surface area contributed by atoms with Gasteiger partial charge >= 0.3 is 0 Å². The summed E-state index contributed by atoms with van der Waals surface area (Å²) >= 11 is 0. The Hall–Kier alpha value is -1.16. The van der Waals surface area contributed by atoms with Crippen molar-refractivity contribution in [3.05, 3.63) is 17.1 Å². The number of nitrogens with one attached hydrogen (secondary N) is 1. The van der Waals surface area contributed by atoms with E-state index < -0.39 is 0 Å². The minimum Gasteiger partial charge on any atom is -0.373 e. The van der Waals surface area contributed by atoms with Crippen LogP contribution in [-0.4, -0.2) is 23.6 Å². The summed E-state index contributed by atoms with van der Waals surface area (Å²) in [5.74, 6) is 1.88. The van der Waals surface area contributed by atoms with Gasteiger partial charge < -0.3 is 10.1 Å². The first-order valence-corrected chi connectivity index (χ1v) is 7.45. The van der Waals surface area contributed by atoms with Gasteiger partial charge in [0, 0.05) is 24.9 Å². The van der Waals surface area contributed by atoms with Gasteiger partial charge in [-0.25, -0.2) is 9.97 Å². The molecule has 0 amide bonds. The van der Waals surface area contributed by atoms with Gasteiger partial charge in [0.25, 0.3) is 0 Å². The van der Waals surface area contributed by atoms with E-state index in [0.717, 1.165) is 43.9 Å². The predicted octanol–water partition coefficient (Wildman–Crippen LogP) is 2.81. The summed E-state index contributed by atoms with van der Waals surface area (Å²) in [7, 11) is 1.95. The molecule has 1 unspecified atom stereocenters. The number of fused-ring (bicyclic) bond motifs is 1. The molecule has 0 bridgehead atoms. The van der Waals surface area contributed by atoms with Gasteiger partial charge in [0.05, 0.1) is 0 Å². The monoisotopic (exact) mass is 261 g/mol. The lowest BCUT2D eigenvalue weighted by Gasteiger charge is -2.23. The van der Waals surface area contributed by atoms with E-state index in [-0.39, 0.29) is 5.60 Å². The minimum atomic E-state index is -0.285. The maximum Gasteiger partial charge on any atom is 0.162 e. The summed E-state index contributed by atoms with van der Waals surface area (Å²) in [6.45, 7) is 2.95. The Morgan fingerprint density at radius 2 is 1.95 bits per heavy atom. The Kier molecular flexibility index (Phi) is 3.44. The zero-order valence-corrected chi connectivity index (χ0v) is 12.0. The first kappa shape index (κ1) is 12.9. The van der Waals surface area contributed by atoms with Crippen molar-refractivity contribution in [3.63, 3.8) is 0 Å². The van der Waals surface area contributed by atoms with Crippen LogP contribution in [0.5, 0.6) is 0 Å². The topological polar surface area (TPSA) is 47.0 Å². The highest BCUT2D eigenvalue weighted by molar-refractivity contribution is 5.47. The zero-order chi connectivity index (χ0) is 13.3. The van der Waals surface area contributed by atoms with E-state index in [1.54, 1.807) is 0 Å². The lowest BCUT2D eigenvalue weighted by atomic mass is 10.0. The van der Waals surface area contributed by atoms with Crippen LogP contribution >= 0.6 is 0 Å². The zero-order valence-electron chi connectivity index (χ0n) is 12.0. The van der Waals surface area contributed by atoms with Crippen LogP contribution in [0.3, 0.4) is 0 Å². The second-order valence-corrected chi connectivity index (χ2v) is 5.81. The van der Waals surface area contributed by atoms with Crippen LogP contribution in [0.2, 0.25) is 0 Å². The Bertz CT molecular complexity index is 467. The van der Waals surface area contributed by atoms with Gasteiger partial charge in [-0.15, -0.1) is 0 Å². The van der Waals surface area contributed by atoms with Gasteiger partial charge in [-0.1, -0.05) is 6.42 Å². The molecule has 1 aromatic heterocycles. The molecular weight excluding hydrogens is 238 g/mol. The summed E-state index contributed by atoms with van der Waals surface area (Å²) < 4.78 is 5.90. The highest BCUT2D eigenvalue weighted by atomic mass is 16.5. The van der Waals surface area contributed by atoms with E-state index in [9.17, 15) is 0 Å². The lowest BCUT2D eigenvalue weighted by molar-refractivity contribution is 0.00924. The maximum absolute atomic E-state index is 5.90. The highest BCUT2D eigenvalue weighted by Gasteiger charge is 2.36. The molecule has 2 heterocycles. The molecule has 4 nitrogen and oxygen atoms in total. The normalized spacial score (nSPS) is 26.8. The Balaban J connectivity index is 2.05. The fourth-order valence-corrected chi connectivity index (χ4v) is 3.17. The van der Waals surface area contributed by atoms with E-state index in [1.165, 1.54) is 30.5 Å². The summed E-state index contributed by atoms with van der Waals surface area (Å²) in [5.41, 5.74) is 2.28. The largest absolute Gasteiger partial charge is 0.373 e. The Labute approximate surface area is 115 Å². The van der Waals surface area contributed by atoms with Gasteiger partial charge in [0.2, 0.25) is 0 Å². The second-order valence-electron chi connectivity index (χ2n) is 5.81. The van der Waals surface area contributed by atoms with Crippen molar-refractivity contribution in [3.8, 4) is 0 Å². The Morgan fingerprint density at radius 3 is 2.68 bits per heavy atom. The molecule has 1 atom stereocenters. The van der Waals surface area contributed by atoms with Crippen LogP contribution in [0.1, 0.15) is 56.1 Å². The van der Waals surface area contributed by atoms with Crippen LogP contribution in [-0.2, 0) is 23.2 Å². The fourth-order valence-electron chi connectivity index (χ4n) is 3.17. The number of rotatable bonds is 2. The number of anilines is 1. The predicted molar refractivity (Wildman–Crippen MR) is 75.4 cm³/mol. The molecule has 4 heteroatoms. The summed E-state index contributed by atoms with van der Waals surface area (Å²) in [6.07, 6.45) is 8.09. The molecule has 0 saturated carbocycles. The quantitative estimate of drug-likeness (QED) is 0.832. The SMILES string of the molecule is CNc1nc(C2(C)CCCO2)nc2c1CCCCC2. The van der Waals surface area contributed by atoms with Crippen molar-refractivity contribution in [2.75, 3.05) is 19.0 Å². The number of aryl methyl sites for hydroxylation is 1. The maximum atomic E-state index is 5.90. The molecular formula is C15H23N3O. The summed E-state index contributed by atoms with van der Waals surface area (Å²) in [6, 6.07) is 0. The van der Waals surface area contributed by atoms with Crippen LogP contribution in [0.25, 0.3) is 0 Å². The molecule has 1 aliphatic carbocycles. The van der Waals surface area contributed by atoms with Crippen molar-refractivity contribution in [1.29, 1.82) is 0 Å². The first-order valence-electron chi connectivity index (χ1n) is 7.45. The molecule has 19 heavy (non-hydrogen) atoms. The number of ether oxygens (including phenoxy) is 1. The smallest absolute Gasteiger partial charge is 0.162 e. The van der Waals surface area contributed by atoms with E-state index in [4.69, 9.17) is 14.7 Å². The van der Waals surface area contributed by atoms with E-state index in [2.05, 4.69) is 12.2 Å². The average molecular weight is 261 g/mol. The van der Waals surface area contributed by atoms with E-state index in [1.807, 2.05) is 7.05 Å². The molecule has 1 saturated heterocycles. The van der Waals surface area contributed by atoms with Gasteiger partial charge in [-0.3, -0.25) is 0 Å². The van der Waals surface area contributed by atoms with E-state index in [0.29, 0.717) is 0 Å². The van der Waals surface area contributed by atoms with Crippen LogP contribution < -0.4 is 5.32 Å². The minimum absolute atomic E-state index is 0.285. The molecule has 1 N–H and O–H groups in total. The molecule has 0 radical (unpaired) electrons. The number of aromatic nitrogens is 2. The van der Waals surface area contributed by atoms with Crippen LogP contribution in [0, 0.1) is 0 Å². The number of hydrogen-bond acceptors (Lipinski definition) is 4. The summed E-state index contributed by atoms with van der Waals surface area (Å²) in [5, 5.41) is 3.26. The third kappa shape index (κ3) is 2.34. The van der Waals surface area contributed by atoms with Gasteiger partial charge in [0.1, 0.15) is 11.4 Å². The average Bonchev–Trinajstić information content (AvgIpc) is 2.74. The standard InChI is InChI=1S/C15H23N3O/c1-15(9-6-10-19-15)14-17-12-8-5-3-4-7-11(12)13(16-2)18-14/h3-10H2,1-2H3,(H,16,17,18). The molecule has 1 aliphatic heterocycles. The van der Waals surface area contributed by atoms with Gasteiger partial charge in [0.15, 0.2) is 5.82 Å². The van der Waals surface area contributed by atoms with Gasteiger partial charge in [-0.05, 0) is 45.4 Å². The first-order chi connectivity index (χ1) is 9.23. The van der Waals surface area contributed by atoms with E-state index >= 15 is 0 Å². The summed E-state index contributed by atoms with van der Waals surface area (Å²) in [4.78, 5) is 9.61. The van der Waals surface area contributed by atoms with Crippen molar-refractivity contribution >= 4 is 5.82 Å². The number of nitrogens with zero attached hydrogens (tertiary/aromatic N) is 2. The number of hydrogen-bond donors (Lipinski definition) is 1. The van der Waals surface area contributed by atoms with Crippen LogP contribution in [0.15, 0.2) is 0 Å². The highest BCUT2D eigenvalue weighted by Crippen LogP contribution is 2.35. The molecule has 2 aliphatic rings. The van der Waals surface area contributed by atoms with Crippen molar-refractivity contribution in [2.45, 2.75) is 57.5 Å². The molecule has 0 spiro atoms. The third-order valence-corrected chi connectivity index (χ3v) is 4.36. The van der Waals surface area contributed by atoms with Crippen LogP contribution in [0.4, 0.5) is 5.82 Å². The van der Waals surface area contributed by atoms with Crippen molar-refractivity contribution in [2.24, 2.45) is 0 Å². The third-order valence-electron chi connectivity index (χ3n) is 4.36. The second kappa shape index (κ2) is 5.08. The molecule has 1 aromatic rings. The molecule has 104 valence electrons. The van der Waals surface area contributed by atoms with Gasteiger partial charge in [-0.2, -0.15) is 0 Å². The fraction of sp³-hybridized carbons (Fsp3) is 0.733. The van der Waals surface area contributed by atoms with Crippen molar-refractivity contribution in [1.82, 2.24) is 9.97 Å². The molecule has 0 aromatic carbocycles. The molecule has 3 rings (SSSR count). The Morgan fingerprint density at radius 1 is 1.11 bits per heavy atom. The van der Waals surface area contributed by atoms with Crippen molar-refractivity contribution < 1.29 is 4.74 Å².